The summed E-state index contributed by atoms with van der Waals surface area (Å²) in [6.07, 6.45) is 2.90. The molecule has 0 bridgehead atoms. The number of carbonyl (C=O) groups excluding carboxylic acids is 1. The zero-order valence-corrected chi connectivity index (χ0v) is 21.4. The summed E-state index contributed by atoms with van der Waals surface area (Å²) in [6, 6.07) is 19.2. The van der Waals surface area contributed by atoms with Crippen LogP contribution in [-0.4, -0.2) is 36.1 Å². The van der Waals surface area contributed by atoms with Crippen molar-refractivity contribution in [2.24, 2.45) is 0 Å². The molecule has 1 amide bonds. The van der Waals surface area contributed by atoms with Crippen LogP contribution < -0.4 is 10.6 Å². The summed E-state index contributed by atoms with van der Waals surface area (Å²) in [7, 11) is 0. The number of nitrogens with one attached hydrogen (secondary N) is 2. The fraction of sp³-hybridized carbons (Fsp3) is 0.107. The summed E-state index contributed by atoms with van der Waals surface area (Å²) in [4.78, 5) is 32.0. The maximum Gasteiger partial charge on any atom is 0.278 e. The van der Waals surface area contributed by atoms with Crippen molar-refractivity contribution >= 4 is 45.9 Å². The molecule has 0 radical (unpaired) electrons. The van der Waals surface area contributed by atoms with Crippen molar-refractivity contribution in [3.63, 3.8) is 0 Å². The molecule has 4 N–H and O–H groups in total. The third kappa shape index (κ3) is 5.50. The van der Waals surface area contributed by atoms with Gasteiger partial charge in [0.15, 0.2) is 11.3 Å². The Balaban J connectivity index is 1.51. The van der Waals surface area contributed by atoms with E-state index in [0.717, 1.165) is 20.9 Å². The van der Waals surface area contributed by atoms with E-state index in [1.807, 2.05) is 30.3 Å². The van der Waals surface area contributed by atoms with Gasteiger partial charge in [-0.1, -0.05) is 25.6 Å². The molecular weight excluding hydrogens is 500 g/mol. The maximum absolute atomic E-state index is 12.8. The standard InChI is InChI=1S/C28H24N6O3S/c1-16(2)21-11-10-20-26(33-21)30-15-31-27(20)34-22-14-17(32-28(37)25-23(36)4-3-13-29-25)5-12-24(22)38-19-8-6-18(35)7-9-19/h3-16,35-36H,1-2H3,(H,32,37)(H,30,31,33,34). The minimum Gasteiger partial charge on any atom is -0.508 e. The zero-order chi connectivity index (χ0) is 26.6. The molecule has 5 rings (SSSR count). The molecule has 3 heterocycles. The fourth-order valence-corrected chi connectivity index (χ4v) is 4.59. The molecule has 0 aliphatic heterocycles. The molecule has 3 aromatic heterocycles. The smallest absolute Gasteiger partial charge is 0.278 e. The molecule has 5 aromatic rings. The number of pyridine rings is 2. The van der Waals surface area contributed by atoms with Crippen LogP contribution in [0.15, 0.2) is 89.0 Å². The summed E-state index contributed by atoms with van der Waals surface area (Å²) in [5.41, 5.74) is 2.62. The Labute approximate surface area is 223 Å². The van der Waals surface area contributed by atoms with Crippen LogP contribution in [-0.2, 0) is 0 Å². The van der Waals surface area contributed by atoms with Gasteiger partial charge in [-0.25, -0.2) is 19.9 Å². The van der Waals surface area contributed by atoms with Gasteiger partial charge in [-0.05, 0) is 72.6 Å². The number of hydrogen-bond donors (Lipinski definition) is 4. The number of phenolic OH excluding ortho intramolecular Hbond substituents is 1. The molecule has 0 aliphatic carbocycles. The average molecular weight is 525 g/mol. The van der Waals surface area contributed by atoms with Crippen LogP contribution in [0.25, 0.3) is 11.0 Å². The molecule has 0 unspecified atom stereocenters. The number of fused-ring (bicyclic) bond motifs is 1. The number of rotatable bonds is 7. The average Bonchev–Trinajstić information content (AvgIpc) is 2.91. The Bertz CT molecular complexity index is 1630. The number of aromatic hydroxyl groups is 2. The lowest BCUT2D eigenvalue weighted by molar-refractivity contribution is 0.101. The molecular formula is C28H24N6O3S. The highest BCUT2D eigenvalue weighted by Gasteiger charge is 2.15. The third-order valence-corrected chi connectivity index (χ3v) is 6.75. The molecule has 190 valence electrons. The molecule has 0 saturated carbocycles. The van der Waals surface area contributed by atoms with Gasteiger partial charge >= 0.3 is 0 Å². The summed E-state index contributed by atoms with van der Waals surface area (Å²) >= 11 is 1.48. The van der Waals surface area contributed by atoms with Crippen molar-refractivity contribution in [1.29, 1.82) is 0 Å². The van der Waals surface area contributed by atoms with Gasteiger partial charge < -0.3 is 20.8 Å². The lowest BCUT2D eigenvalue weighted by atomic mass is 10.1. The van der Waals surface area contributed by atoms with Crippen LogP contribution in [0.3, 0.4) is 0 Å². The highest BCUT2D eigenvalue weighted by Crippen LogP contribution is 2.38. The predicted octanol–water partition coefficient (Wildman–Crippen LogP) is 6.10. The number of amides is 1. The number of hydrogen-bond acceptors (Lipinski definition) is 9. The van der Waals surface area contributed by atoms with E-state index in [9.17, 15) is 15.0 Å². The van der Waals surface area contributed by atoms with Crippen LogP contribution in [0.5, 0.6) is 11.5 Å². The van der Waals surface area contributed by atoms with Gasteiger partial charge in [0, 0.05) is 27.4 Å². The van der Waals surface area contributed by atoms with Gasteiger partial charge in [-0.15, -0.1) is 0 Å². The van der Waals surface area contributed by atoms with Crippen LogP contribution in [0.1, 0.15) is 35.9 Å². The topological polar surface area (TPSA) is 133 Å². The second kappa shape index (κ2) is 10.7. The van der Waals surface area contributed by atoms with Gasteiger partial charge in [0.2, 0.25) is 0 Å². The summed E-state index contributed by atoms with van der Waals surface area (Å²) < 4.78 is 0. The Morgan fingerprint density at radius 3 is 2.53 bits per heavy atom. The summed E-state index contributed by atoms with van der Waals surface area (Å²) in [5.74, 6) is 0.271. The van der Waals surface area contributed by atoms with Crippen molar-refractivity contribution in [2.75, 3.05) is 10.6 Å². The maximum atomic E-state index is 12.8. The SMILES string of the molecule is CC(C)c1ccc2c(Nc3cc(NC(=O)c4ncccc4O)ccc3Sc3ccc(O)cc3)ncnc2n1. The van der Waals surface area contributed by atoms with E-state index >= 15 is 0 Å². The first-order chi connectivity index (χ1) is 18.4. The highest BCUT2D eigenvalue weighted by molar-refractivity contribution is 7.99. The zero-order valence-electron chi connectivity index (χ0n) is 20.6. The quantitative estimate of drug-likeness (QED) is 0.199. The molecule has 2 aromatic carbocycles. The van der Waals surface area contributed by atoms with Gasteiger partial charge in [0.1, 0.15) is 23.6 Å². The van der Waals surface area contributed by atoms with Gasteiger partial charge in [0.25, 0.3) is 5.91 Å². The van der Waals surface area contributed by atoms with Crippen LogP contribution in [0.4, 0.5) is 17.2 Å². The number of anilines is 3. The number of benzene rings is 2. The Hall–Kier alpha value is -4.70. The van der Waals surface area contributed by atoms with Crippen LogP contribution in [0, 0.1) is 0 Å². The largest absolute Gasteiger partial charge is 0.508 e. The van der Waals surface area contributed by atoms with E-state index in [1.54, 1.807) is 30.3 Å². The van der Waals surface area contributed by atoms with Gasteiger partial charge in [-0.3, -0.25) is 4.79 Å². The first-order valence-electron chi connectivity index (χ1n) is 11.8. The third-order valence-electron chi connectivity index (χ3n) is 5.67. The Morgan fingerprint density at radius 1 is 0.947 bits per heavy atom. The van der Waals surface area contributed by atoms with Gasteiger partial charge in [-0.2, -0.15) is 0 Å². The first kappa shape index (κ1) is 25.0. The predicted molar refractivity (Wildman–Crippen MR) is 147 cm³/mol. The van der Waals surface area contributed by atoms with Crippen molar-refractivity contribution in [1.82, 2.24) is 19.9 Å². The minimum atomic E-state index is -0.536. The van der Waals surface area contributed by atoms with E-state index in [-0.39, 0.29) is 23.1 Å². The summed E-state index contributed by atoms with van der Waals surface area (Å²) in [6.45, 7) is 4.15. The van der Waals surface area contributed by atoms with Crippen molar-refractivity contribution in [3.8, 4) is 11.5 Å². The molecule has 10 heteroatoms. The first-order valence-corrected chi connectivity index (χ1v) is 12.6. The van der Waals surface area contributed by atoms with Crippen molar-refractivity contribution < 1.29 is 15.0 Å². The van der Waals surface area contributed by atoms with Gasteiger partial charge in [0.05, 0.1) is 11.1 Å². The Kier molecular flexibility index (Phi) is 7.05. The second-order valence-electron chi connectivity index (χ2n) is 8.74. The number of aromatic nitrogens is 4. The van der Waals surface area contributed by atoms with E-state index < -0.39 is 5.91 Å². The number of carbonyl (C=O) groups is 1. The van der Waals surface area contributed by atoms with Crippen LogP contribution in [0.2, 0.25) is 0 Å². The number of phenols is 1. The number of nitrogens with zero attached hydrogens (tertiary/aromatic N) is 4. The molecule has 0 fully saturated rings. The lowest BCUT2D eigenvalue weighted by Gasteiger charge is -2.15. The highest BCUT2D eigenvalue weighted by atomic mass is 32.2. The molecule has 0 spiro atoms. The van der Waals surface area contributed by atoms with Crippen molar-refractivity contribution in [3.05, 3.63) is 90.6 Å². The molecule has 0 atom stereocenters. The summed E-state index contributed by atoms with van der Waals surface area (Å²) in [5, 5.41) is 26.6. The Morgan fingerprint density at radius 2 is 1.76 bits per heavy atom. The van der Waals surface area contributed by atoms with E-state index in [0.29, 0.717) is 22.8 Å². The lowest BCUT2D eigenvalue weighted by Crippen LogP contribution is -2.14. The minimum absolute atomic E-state index is 0.0709. The molecule has 38 heavy (non-hydrogen) atoms. The fourth-order valence-electron chi connectivity index (χ4n) is 3.70. The monoisotopic (exact) mass is 524 g/mol. The molecule has 9 nitrogen and oxygen atoms in total. The van der Waals surface area contributed by atoms with Crippen LogP contribution >= 0.6 is 11.8 Å². The van der Waals surface area contributed by atoms with Crippen molar-refractivity contribution in [2.45, 2.75) is 29.6 Å². The van der Waals surface area contributed by atoms with E-state index in [2.05, 4.69) is 44.4 Å². The van der Waals surface area contributed by atoms with E-state index in [4.69, 9.17) is 0 Å². The second-order valence-corrected chi connectivity index (χ2v) is 9.86. The molecule has 0 aliphatic rings. The van der Waals surface area contributed by atoms with E-state index in [1.165, 1.54) is 30.4 Å². The normalized spacial score (nSPS) is 11.0. The molecule has 0 saturated heterocycles.